The van der Waals surface area contributed by atoms with Crippen LogP contribution in [0, 0.1) is 5.41 Å². The van der Waals surface area contributed by atoms with Crippen molar-refractivity contribution in [3.8, 4) is 0 Å². The van der Waals surface area contributed by atoms with Gasteiger partial charge in [-0.3, -0.25) is 10.2 Å². The van der Waals surface area contributed by atoms with Gasteiger partial charge in [0.15, 0.2) is 5.96 Å². The van der Waals surface area contributed by atoms with Gasteiger partial charge in [-0.25, -0.2) is 0 Å². The highest BCUT2D eigenvalue weighted by Gasteiger charge is 2.03. The Morgan fingerprint density at radius 3 is 2.83 bits per heavy atom. The Morgan fingerprint density at radius 2 is 2.42 bits per heavy atom. The lowest BCUT2D eigenvalue weighted by atomic mass is 10.2. The third kappa shape index (κ3) is 5.67. The summed E-state index contributed by atoms with van der Waals surface area (Å²) in [5, 5.41) is 12.3. The summed E-state index contributed by atoms with van der Waals surface area (Å²) in [5.74, 6) is -0.0360. The molecule has 0 fully saturated rings. The van der Waals surface area contributed by atoms with Crippen molar-refractivity contribution in [3.05, 3.63) is 0 Å². The monoisotopic (exact) mass is 171 g/mol. The lowest BCUT2D eigenvalue weighted by Gasteiger charge is -2.07. The van der Waals surface area contributed by atoms with Crippen molar-refractivity contribution in [2.24, 2.45) is 5.73 Å². The lowest BCUT2D eigenvalue weighted by Crippen LogP contribution is -2.32. The van der Waals surface area contributed by atoms with E-state index in [0.717, 1.165) is 6.42 Å². The summed E-state index contributed by atoms with van der Waals surface area (Å²) in [6.07, 6.45) is 3.37. The van der Waals surface area contributed by atoms with Gasteiger partial charge in [0, 0.05) is 6.54 Å². The Morgan fingerprint density at radius 1 is 1.75 bits per heavy atom. The molecule has 0 amide bonds. The Balaban J connectivity index is 3.29. The van der Waals surface area contributed by atoms with Crippen LogP contribution in [0.25, 0.3) is 0 Å². The summed E-state index contributed by atoms with van der Waals surface area (Å²) < 4.78 is 0. The van der Waals surface area contributed by atoms with Gasteiger partial charge < -0.3 is 16.4 Å². The van der Waals surface area contributed by atoms with E-state index >= 15 is 0 Å². The van der Waals surface area contributed by atoms with Crippen LogP contribution in [0.3, 0.4) is 0 Å². The van der Waals surface area contributed by atoms with Gasteiger partial charge in [0.1, 0.15) is 0 Å². The summed E-state index contributed by atoms with van der Waals surface area (Å²) in [5.41, 5.74) is 5.05. The number of rotatable bonds is 6. The Labute approximate surface area is 72.2 Å². The first kappa shape index (κ1) is 10.9. The van der Waals surface area contributed by atoms with Crippen molar-refractivity contribution in [1.29, 1.82) is 5.41 Å². The van der Waals surface area contributed by atoms with Gasteiger partial charge in [-0.2, -0.15) is 0 Å². The molecule has 5 N–H and O–H groups in total. The number of nitrogens with two attached hydrogens (primary N) is 1. The molecule has 12 heavy (non-hydrogen) atoms. The van der Waals surface area contributed by atoms with Crippen LogP contribution >= 0.6 is 0 Å². The first-order valence-electron chi connectivity index (χ1n) is 3.83. The second kappa shape index (κ2) is 6.60. The maximum absolute atomic E-state index is 10.2. The minimum absolute atomic E-state index is 0.0360. The van der Waals surface area contributed by atoms with Crippen molar-refractivity contribution in [1.82, 2.24) is 10.6 Å². The number of nitrogens with one attached hydrogen (secondary N) is 3. The maximum Gasteiger partial charge on any atom is 0.216 e. The molecule has 0 aromatic rings. The topological polar surface area (TPSA) is 91.0 Å². The second-order valence-electron chi connectivity index (χ2n) is 2.44. The zero-order valence-electron chi connectivity index (χ0n) is 7.18. The highest BCUT2D eigenvalue weighted by Crippen LogP contribution is 1.91. The Hall–Kier alpha value is -1.10. The number of guanidine groups is 1. The molecule has 0 unspecified atom stereocenters. The SMILES string of the molecule is CN[C@H]([C]=O)CCCNC(=N)N. The smallest absolute Gasteiger partial charge is 0.216 e. The molecule has 0 aliphatic heterocycles. The van der Waals surface area contributed by atoms with Crippen LogP contribution in [-0.4, -0.2) is 31.9 Å². The molecular weight excluding hydrogens is 156 g/mol. The molecular formula is C7H15N4O. The van der Waals surface area contributed by atoms with E-state index in [9.17, 15) is 4.79 Å². The molecule has 0 heterocycles. The van der Waals surface area contributed by atoms with Crippen LogP contribution < -0.4 is 16.4 Å². The predicted octanol–water partition coefficient (Wildman–Crippen LogP) is -1.05. The van der Waals surface area contributed by atoms with Crippen molar-refractivity contribution >= 4 is 12.2 Å². The van der Waals surface area contributed by atoms with Crippen LogP contribution in [0.1, 0.15) is 12.8 Å². The van der Waals surface area contributed by atoms with Gasteiger partial charge in [0.2, 0.25) is 6.29 Å². The second-order valence-corrected chi connectivity index (χ2v) is 2.44. The molecule has 0 aliphatic rings. The Bertz CT molecular complexity index is 148. The van der Waals surface area contributed by atoms with Crippen LogP contribution in [0.4, 0.5) is 0 Å². The average Bonchev–Trinajstić information content (AvgIpc) is 2.04. The van der Waals surface area contributed by atoms with E-state index in [0.29, 0.717) is 13.0 Å². The molecule has 5 nitrogen and oxygen atoms in total. The predicted molar refractivity (Wildman–Crippen MR) is 47.7 cm³/mol. The fourth-order valence-corrected chi connectivity index (χ4v) is 0.791. The quantitative estimate of drug-likeness (QED) is 0.233. The average molecular weight is 171 g/mol. The third-order valence-electron chi connectivity index (χ3n) is 1.48. The zero-order valence-corrected chi connectivity index (χ0v) is 7.18. The van der Waals surface area contributed by atoms with E-state index in [1.807, 2.05) is 6.29 Å². The first-order chi connectivity index (χ1) is 5.70. The first-order valence-corrected chi connectivity index (χ1v) is 3.83. The molecule has 5 heteroatoms. The molecule has 0 spiro atoms. The number of hydrogen-bond donors (Lipinski definition) is 4. The molecule has 1 radical (unpaired) electrons. The number of likely N-dealkylation sites (N-methyl/N-ethyl adjacent to an activating group) is 1. The van der Waals surface area contributed by atoms with Crippen LogP contribution in [-0.2, 0) is 4.79 Å². The molecule has 0 aliphatic carbocycles. The van der Waals surface area contributed by atoms with Crippen molar-refractivity contribution in [2.75, 3.05) is 13.6 Å². The largest absolute Gasteiger partial charge is 0.370 e. The molecule has 69 valence electrons. The van der Waals surface area contributed by atoms with Gasteiger partial charge >= 0.3 is 0 Å². The molecule has 0 bridgehead atoms. The molecule has 0 aromatic carbocycles. The highest BCUT2D eigenvalue weighted by molar-refractivity contribution is 5.74. The van der Waals surface area contributed by atoms with Gasteiger partial charge in [0.05, 0.1) is 6.04 Å². The van der Waals surface area contributed by atoms with E-state index in [4.69, 9.17) is 11.1 Å². The van der Waals surface area contributed by atoms with E-state index in [-0.39, 0.29) is 12.0 Å². The fraction of sp³-hybridized carbons (Fsp3) is 0.714. The normalized spacial score (nSPS) is 12.1. The molecule has 1 atom stereocenters. The van der Waals surface area contributed by atoms with E-state index in [1.165, 1.54) is 0 Å². The van der Waals surface area contributed by atoms with Crippen LogP contribution in [0.5, 0.6) is 0 Å². The summed E-state index contributed by atoms with van der Waals surface area (Å²) in [7, 11) is 1.72. The number of hydrogen-bond acceptors (Lipinski definition) is 3. The molecule has 0 aromatic heterocycles. The molecule has 0 saturated carbocycles. The maximum atomic E-state index is 10.2. The Kier molecular flexibility index (Phi) is 6.00. The zero-order chi connectivity index (χ0) is 9.40. The van der Waals surface area contributed by atoms with Gasteiger partial charge in [0.25, 0.3) is 0 Å². The van der Waals surface area contributed by atoms with Crippen molar-refractivity contribution in [3.63, 3.8) is 0 Å². The minimum atomic E-state index is -0.209. The molecule has 0 rings (SSSR count). The summed E-state index contributed by atoms with van der Waals surface area (Å²) >= 11 is 0. The van der Waals surface area contributed by atoms with Gasteiger partial charge in [-0.05, 0) is 19.9 Å². The minimum Gasteiger partial charge on any atom is -0.370 e. The van der Waals surface area contributed by atoms with Gasteiger partial charge in [-0.1, -0.05) is 0 Å². The molecule has 0 saturated heterocycles. The lowest BCUT2D eigenvalue weighted by molar-refractivity contribution is 0.510. The van der Waals surface area contributed by atoms with Crippen molar-refractivity contribution in [2.45, 2.75) is 18.9 Å². The summed E-state index contributed by atoms with van der Waals surface area (Å²) in [6, 6.07) is -0.209. The van der Waals surface area contributed by atoms with Crippen LogP contribution in [0.2, 0.25) is 0 Å². The van der Waals surface area contributed by atoms with E-state index in [1.54, 1.807) is 7.05 Å². The van der Waals surface area contributed by atoms with Crippen LogP contribution in [0.15, 0.2) is 0 Å². The van der Waals surface area contributed by atoms with E-state index in [2.05, 4.69) is 10.6 Å². The third-order valence-corrected chi connectivity index (χ3v) is 1.48. The van der Waals surface area contributed by atoms with Crippen molar-refractivity contribution < 1.29 is 4.79 Å². The summed E-state index contributed by atoms with van der Waals surface area (Å²) in [6.45, 7) is 0.620. The fourth-order valence-electron chi connectivity index (χ4n) is 0.791. The van der Waals surface area contributed by atoms with E-state index < -0.39 is 0 Å². The van der Waals surface area contributed by atoms with Gasteiger partial charge in [-0.15, -0.1) is 0 Å². The standard InChI is InChI=1S/C7H15N4O/c1-10-6(5-12)3-2-4-11-7(8)9/h6,10H,2-4H2,1H3,(H4,8,9,11)/t6-/m0/s1. The number of carbonyl (C=O) groups excluding carboxylic acids is 1. The highest BCUT2D eigenvalue weighted by atomic mass is 16.1. The summed E-state index contributed by atoms with van der Waals surface area (Å²) in [4.78, 5) is 10.2.